The summed E-state index contributed by atoms with van der Waals surface area (Å²) in [6.45, 7) is 7.81. The number of piperidine rings is 1. The molecule has 0 radical (unpaired) electrons. The smallest absolute Gasteiger partial charge is 0.224 e. The number of hydrogen-bond acceptors (Lipinski definition) is 5. The molecule has 0 spiro atoms. The highest BCUT2D eigenvalue weighted by atomic mass is 19.1. The molecule has 2 aliphatic rings. The molecule has 0 aliphatic carbocycles. The molecule has 3 aromatic rings. The van der Waals surface area contributed by atoms with E-state index in [-0.39, 0.29) is 17.6 Å². The van der Waals surface area contributed by atoms with Crippen molar-refractivity contribution in [3.05, 3.63) is 77.7 Å². The van der Waals surface area contributed by atoms with Crippen LogP contribution in [0.5, 0.6) is 0 Å². The fraction of sp³-hybridized carbons (Fsp3) is 0.448. The number of halogens is 1. The molecule has 1 aromatic heterocycles. The van der Waals surface area contributed by atoms with E-state index in [0.29, 0.717) is 0 Å². The van der Waals surface area contributed by atoms with Crippen molar-refractivity contribution in [3.8, 4) is 0 Å². The van der Waals surface area contributed by atoms with E-state index in [1.165, 1.54) is 12.1 Å². The second kappa shape index (κ2) is 11.9. The number of benzene rings is 2. The summed E-state index contributed by atoms with van der Waals surface area (Å²) in [5, 5.41) is 4.29. The zero-order chi connectivity index (χ0) is 24.7. The fourth-order valence-corrected chi connectivity index (χ4v) is 5.25. The Morgan fingerprint density at radius 2 is 1.64 bits per heavy atom. The van der Waals surface area contributed by atoms with Crippen LogP contribution in [0.2, 0.25) is 0 Å². The first-order chi connectivity index (χ1) is 17.7. The molecule has 2 aromatic carbocycles. The average molecular weight is 491 g/mol. The summed E-state index contributed by atoms with van der Waals surface area (Å²) in [4.78, 5) is 23.1. The molecule has 1 amide bonds. The molecule has 0 bridgehead atoms. The molecule has 1 atom stereocenters. The van der Waals surface area contributed by atoms with Gasteiger partial charge in [-0.1, -0.05) is 36.4 Å². The number of ether oxygens (including phenoxy) is 1. The zero-order valence-corrected chi connectivity index (χ0v) is 20.7. The van der Waals surface area contributed by atoms with E-state index >= 15 is 0 Å². The van der Waals surface area contributed by atoms with Gasteiger partial charge in [-0.05, 0) is 75.3 Å². The van der Waals surface area contributed by atoms with Gasteiger partial charge in [0, 0.05) is 24.4 Å². The van der Waals surface area contributed by atoms with Gasteiger partial charge >= 0.3 is 0 Å². The van der Waals surface area contributed by atoms with E-state index < -0.39 is 6.04 Å². The van der Waals surface area contributed by atoms with Crippen LogP contribution in [0, 0.1) is 11.7 Å². The standard InChI is InChI=1S/C29H35FN4O2/c30-25-9-6-23(7-10-25)28(27-11-8-22-4-1-2-5-26(22)31-27)32-29(35)24-12-16-33(17-13-24)14-3-15-34-18-20-36-21-19-34/h1-2,4-11,24,28H,3,12-21H2,(H,32,35). The summed E-state index contributed by atoms with van der Waals surface area (Å²) in [5.41, 5.74) is 2.46. The predicted octanol–water partition coefficient (Wildman–Crippen LogP) is 4.01. The molecule has 7 heteroatoms. The number of nitrogens with one attached hydrogen (secondary N) is 1. The van der Waals surface area contributed by atoms with Gasteiger partial charge < -0.3 is 15.0 Å². The van der Waals surface area contributed by atoms with Crippen molar-refractivity contribution in [3.63, 3.8) is 0 Å². The number of hydrogen-bond donors (Lipinski definition) is 1. The number of nitrogens with zero attached hydrogens (tertiary/aromatic N) is 3. The summed E-state index contributed by atoms with van der Waals surface area (Å²) in [5.74, 6) is -0.271. The van der Waals surface area contributed by atoms with E-state index in [1.807, 2.05) is 36.4 Å². The highest BCUT2D eigenvalue weighted by molar-refractivity contribution is 5.81. The minimum absolute atomic E-state index is 0.0242. The number of carbonyl (C=O) groups excluding carboxylic acids is 1. The van der Waals surface area contributed by atoms with E-state index in [1.54, 1.807) is 12.1 Å². The van der Waals surface area contributed by atoms with Crippen molar-refractivity contribution < 1.29 is 13.9 Å². The Balaban J connectivity index is 1.20. The Labute approximate surface area is 212 Å². The topological polar surface area (TPSA) is 57.7 Å². The van der Waals surface area contributed by atoms with Crippen LogP contribution in [-0.2, 0) is 9.53 Å². The SMILES string of the molecule is O=C(NC(c1ccc(F)cc1)c1ccc2ccccc2n1)C1CCN(CCCN2CCOCC2)CC1. The molecular weight excluding hydrogens is 455 g/mol. The summed E-state index contributed by atoms with van der Waals surface area (Å²) >= 11 is 0. The van der Waals surface area contributed by atoms with Gasteiger partial charge in [-0.15, -0.1) is 0 Å². The number of likely N-dealkylation sites (tertiary alicyclic amines) is 1. The zero-order valence-electron chi connectivity index (χ0n) is 20.7. The van der Waals surface area contributed by atoms with Crippen LogP contribution in [0.1, 0.15) is 36.6 Å². The number of para-hydroxylation sites is 1. The maximum Gasteiger partial charge on any atom is 0.224 e. The molecule has 2 aliphatic heterocycles. The first-order valence-corrected chi connectivity index (χ1v) is 13.1. The maximum atomic E-state index is 13.6. The van der Waals surface area contributed by atoms with Crippen molar-refractivity contribution in [2.24, 2.45) is 5.92 Å². The lowest BCUT2D eigenvalue weighted by Gasteiger charge is -2.33. The summed E-state index contributed by atoms with van der Waals surface area (Å²) in [6.07, 6.45) is 2.85. The summed E-state index contributed by atoms with van der Waals surface area (Å²) in [7, 11) is 0. The van der Waals surface area contributed by atoms with Gasteiger partial charge in [-0.2, -0.15) is 0 Å². The van der Waals surface area contributed by atoms with Gasteiger partial charge in [0.05, 0.1) is 30.5 Å². The van der Waals surface area contributed by atoms with Crippen molar-refractivity contribution in [1.29, 1.82) is 0 Å². The number of carbonyl (C=O) groups is 1. The van der Waals surface area contributed by atoms with Gasteiger partial charge in [0.1, 0.15) is 5.82 Å². The third-order valence-electron chi connectivity index (χ3n) is 7.42. The van der Waals surface area contributed by atoms with Gasteiger partial charge in [0.25, 0.3) is 0 Å². The van der Waals surface area contributed by atoms with Crippen LogP contribution in [0.25, 0.3) is 10.9 Å². The van der Waals surface area contributed by atoms with E-state index in [4.69, 9.17) is 9.72 Å². The molecule has 1 N–H and O–H groups in total. The van der Waals surface area contributed by atoms with E-state index in [9.17, 15) is 9.18 Å². The van der Waals surface area contributed by atoms with Crippen molar-refractivity contribution >= 4 is 16.8 Å². The summed E-state index contributed by atoms with van der Waals surface area (Å²) < 4.78 is 19.1. The third-order valence-corrected chi connectivity index (χ3v) is 7.42. The highest BCUT2D eigenvalue weighted by Crippen LogP contribution is 2.26. The Kier molecular flexibility index (Phi) is 8.21. The molecule has 36 heavy (non-hydrogen) atoms. The molecular formula is C29H35FN4O2. The lowest BCUT2D eigenvalue weighted by Crippen LogP contribution is -2.43. The number of fused-ring (bicyclic) bond motifs is 1. The van der Waals surface area contributed by atoms with Crippen LogP contribution in [0.4, 0.5) is 4.39 Å². The molecule has 5 rings (SSSR count). The van der Waals surface area contributed by atoms with Gasteiger partial charge in [0.2, 0.25) is 5.91 Å². The molecule has 6 nitrogen and oxygen atoms in total. The minimum Gasteiger partial charge on any atom is -0.379 e. The van der Waals surface area contributed by atoms with Crippen LogP contribution in [0.15, 0.2) is 60.7 Å². The monoisotopic (exact) mass is 490 g/mol. The Morgan fingerprint density at radius 1 is 0.944 bits per heavy atom. The Bertz CT molecular complexity index is 1140. The largest absolute Gasteiger partial charge is 0.379 e. The second-order valence-electron chi connectivity index (χ2n) is 9.85. The lowest BCUT2D eigenvalue weighted by molar-refractivity contribution is -0.127. The Hall–Kier alpha value is -2.87. The average Bonchev–Trinajstić information content (AvgIpc) is 2.93. The molecule has 0 saturated carbocycles. The first-order valence-electron chi connectivity index (χ1n) is 13.1. The summed E-state index contributed by atoms with van der Waals surface area (Å²) in [6, 6.07) is 17.8. The van der Waals surface area contributed by atoms with Crippen molar-refractivity contribution in [2.45, 2.75) is 25.3 Å². The molecule has 3 heterocycles. The predicted molar refractivity (Wildman–Crippen MR) is 139 cm³/mol. The van der Waals surface area contributed by atoms with Crippen molar-refractivity contribution in [1.82, 2.24) is 20.1 Å². The number of amides is 1. The first kappa shape index (κ1) is 24.8. The van der Waals surface area contributed by atoms with Crippen LogP contribution >= 0.6 is 0 Å². The fourth-order valence-electron chi connectivity index (χ4n) is 5.25. The van der Waals surface area contributed by atoms with Gasteiger partial charge in [0.15, 0.2) is 0 Å². The second-order valence-corrected chi connectivity index (χ2v) is 9.85. The highest BCUT2D eigenvalue weighted by Gasteiger charge is 2.28. The molecule has 2 saturated heterocycles. The quantitative estimate of drug-likeness (QED) is 0.517. The van der Waals surface area contributed by atoms with Gasteiger partial charge in [-0.25, -0.2) is 4.39 Å². The van der Waals surface area contributed by atoms with Crippen molar-refractivity contribution in [2.75, 3.05) is 52.5 Å². The molecule has 190 valence electrons. The molecule has 2 fully saturated rings. The maximum absolute atomic E-state index is 13.6. The number of pyridine rings is 1. The number of aromatic nitrogens is 1. The Morgan fingerprint density at radius 3 is 2.39 bits per heavy atom. The minimum atomic E-state index is -0.422. The van der Waals surface area contributed by atoms with E-state index in [0.717, 1.165) is 93.9 Å². The number of rotatable bonds is 8. The lowest BCUT2D eigenvalue weighted by atomic mass is 9.94. The van der Waals surface area contributed by atoms with E-state index in [2.05, 4.69) is 15.1 Å². The normalized spacial score (nSPS) is 18.8. The van der Waals surface area contributed by atoms with Crippen LogP contribution in [-0.4, -0.2) is 73.2 Å². The van der Waals surface area contributed by atoms with Gasteiger partial charge in [-0.3, -0.25) is 14.7 Å². The van der Waals surface area contributed by atoms with Crippen LogP contribution < -0.4 is 5.32 Å². The third kappa shape index (κ3) is 6.27. The molecule has 1 unspecified atom stereocenters. The van der Waals surface area contributed by atoms with Crippen LogP contribution in [0.3, 0.4) is 0 Å². The number of morpholine rings is 1.